The van der Waals surface area contributed by atoms with Gasteiger partial charge in [0.2, 0.25) is 0 Å². The van der Waals surface area contributed by atoms with Crippen molar-refractivity contribution < 1.29 is 1.37 Å². The average Bonchev–Trinajstić information content (AvgIpc) is 2.33. The number of fused-ring (bicyclic) bond motifs is 1. The third-order valence-corrected chi connectivity index (χ3v) is 2.11. The predicted molar refractivity (Wildman–Crippen MR) is 47.9 cm³/mol. The minimum Gasteiger partial charge on any atom is -0.295 e. The van der Waals surface area contributed by atoms with Crippen LogP contribution in [0.15, 0.2) is 30.6 Å². The topological polar surface area (TPSA) is 17.3 Å². The molecule has 0 saturated heterocycles. The maximum Gasteiger partial charge on any atom is 0.137 e. The van der Waals surface area contributed by atoms with Gasteiger partial charge in [-0.1, -0.05) is 6.07 Å². The summed E-state index contributed by atoms with van der Waals surface area (Å²) in [6.07, 6.45) is 3.54. The monoisotopic (exact) mass is 245 g/mol. The van der Waals surface area contributed by atoms with Gasteiger partial charge < -0.3 is 0 Å². The average molecular weight is 245 g/mol. The van der Waals surface area contributed by atoms with Gasteiger partial charge in [0, 0.05) is 6.20 Å². The highest BCUT2D eigenvalue weighted by molar-refractivity contribution is 14.1. The molecule has 0 aromatic carbocycles. The fraction of sp³-hybridized carbons (Fsp3) is 0. The molecule has 0 radical (unpaired) electrons. The number of imidazole rings is 1. The van der Waals surface area contributed by atoms with Crippen molar-refractivity contribution in [1.29, 1.82) is 0 Å². The third-order valence-electron chi connectivity index (χ3n) is 1.31. The number of pyridine rings is 1. The molecule has 0 aliphatic rings. The number of halogens is 1. The van der Waals surface area contributed by atoms with E-state index in [2.05, 4.69) is 27.6 Å². The lowest BCUT2D eigenvalue weighted by Crippen LogP contribution is -1.82. The van der Waals surface area contributed by atoms with Gasteiger partial charge in [0.05, 0.1) is 7.57 Å². The van der Waals surface area contributed by atoms with Crippen LogP contribution in [0, 0.1) is 3.70 Å². The first kappa shape index (κ1) is 5.12. The minimum atomic E-state index is 0.508. The first-order valence-electron chi connectivity index (χ1n) is 3.36. The van der Waals surface area contributed by atoms with Gasteiger partial charge in [-0.05, 0) is 34.7 Å². The van der Waals surface area contributed by atoms with Gasteiger partial charge in [0.15, 0.2) is 0 Å². The van der Waals surface area contributed by atoms with E-state index in [1.807, 2.05) is 10.5 Å². The minimum absolute atomic E-state index is 0.508. The second kappa shape index (κ2) is 2.23. The summed E-state index contributed by atoms with van der Waals surface area (Å²) in [5, 5.41) is 0. The largest absolute Gasteiger partial charge is 0.295 e. The zero-order valence-electron chi connectivity index (χ0n) is 6.08. The van der Waals surface area contributed by atoms with Gasteiger partial charge in [-0.3, -0.25) is 4.40 Å². The zero-order chi connectivity index (χ0) is 7.84. The van der Waals surface area contributed by atoms with Crippen LogP contribution in [-0.4, -0.2) is 9.38 Å². The summed E-state index contributed by atoms with van der Waals surface area (Å²) in [7, 11) is 0. The molecule has 50 valence electrons. The van der Waals surface area contributed by atoms with Gasteiger partial charge in [-0.15, -0.1) is 0 Å². The Kier molecular flexibility index (Phi) is 1.14. The number of aromatic nitrogens is 2. The number of rotatable bonds is 0. The van der Waals surface area contributed by atoms with E-state index >= 15 is 0 Å². The fourth-order valence-corrected chi connectivity index (χ4v) is 1.37. The Hall–Kier alpha value is -0.580. The standard InChI is InChI=1S/C7H5IN2/c8-6-5-9-7-3-1-2-4-10(6)7/h1-5H/i2D. The van der Waals surface area contributed by atoms with E-state index in [4.69, 9.17) is 1.37 Å². The van der Waals surface area contributed by atoms with Crippen molar-refractivity contribution in [3.63, 3.8) is 0 Å². The van der Waals surface area contributed by atoms with E-state index in [0.717, 1.165) is 9.35 Å². The Balaban J connectivity index is 2.87. The van der Waals surface area contributed by atoms with Crippen LogP contribution in [0.25, 0.3) is 5.65 Å². The molecule has 0 N–H and O–H groups in total. The van der Waals surface area contributed by atoms with E-state index in [0.29, 0.717) is 6.04 Å². The van der Waals surface area contributed by atoms with Gasteiger partial charge in [0.25, 0.3) is 0 Å². The molecule has 10 heavy (non-hydrogen) atoms. The Bertz CT molecular complexity index is 396. The lowest BCUT2D eigenvalue weighted by atomic mass is 10.5. The van der Waals surface area contributed by atoms with Crippen LogP contribution >= 0.6 is 22.6 Å². The molecule has 0 amide bonds. The van der Waals surface area contributed by atoms with E-state index < -0.39 is 0 Å². The fourth-order valence-electron chi connectivity index (χ4n) is 0.845. The normalized spacial score (nSPS) is 11.9. The molecule has 0 aliphatic carbocycles. The van der Waals surface area contributed by atoms with Crippen LogP contribution in [0.4, 0.5) is 0 Å². The maximum absolute atomic E-state index is 7.36. The third kappa shape index (κ3) is 0.811. The van der Waals surface area contributed by atoms with Crippen molar-refractivity contribution in [2.75, 3.05) is 0 Å². The quantitative estimate of drug-likeness (QED) is 0.648. The summed E-state index contributed by atoms with van der Waals surface area (Å²) in [4.78, 5) is 4.13. The van der Waals surface area contributed by atoms with E-state index in [-0.39, 0.29) is 0 Å². The van der Waals surface area contributed by atoms with E-state index in [1.54, 1.807) is 18.5 Å². The van der Waals surface area contributed by atoms with Crippen LogP contribution in [0.5, 0.6) is 0 Å². The Morgan fingerprint density at radius 1 is 1.70 bits per heavy atom. The first-order chi connectivity index (χ1) is 5.27. The zero-order valence-corrected chi connectivity index (χ0v) is 7.24. The molecule has 0 unspecified atom stereocenters. The molecule has 2 heterocycles. The lowest BCUT2D eigenvalue weighted by Gasteiger charge is -1.90. The highest BCUT2D eigenvalue weighted by Gasteiger charge is 1.94. The number of hydrogen-bond donors (Lipinski definition) is 0. The van der Waals surface area contributed by atoms with Crippen LogP contribution < -0.4 is 0 Å². The van der Waals surface area contributed by atoms with Gasteiger partial charge in [-0.2, -0.15) is 0 Å². The molecular weight excluding hydrogens is 239 g/mol. The smallest absolute Gasteiger partial charge is 0.137 e. The van der Waals surface area contributed by atoms with Crippen molar-refractivity contribution >= 4 is 28.2 Å². The highest BCUT2D eigenvalue weighted by Crippen LogP contribution is 2.07. The van der Waals surface area contributed by atoms with Crippen LogP contribution in [0.2, 0.25) is 0 Å². The molecule has 2 rings (SSSR count). The molecule has 0 fully saturated rings. The Morgan fingerprint density at radius 2 is 2.60 bits per heavy atom. The Morgan fingerprint density at radius 3 is 3.50 bits per heavy atom. The number of nitrogens with zero attached hydrogens (tertiary/aromatic N) is 2. The molecule has 0 spiro atoms. The molecule has 2 nitrogen and oxygen atoms in total. The maximum atomic E-state index is 7.36. The van der Waals surface area contributed by atoms with Gasteiger partial charge in [0.1, 0.15) is 9.35 Å². The lowest BCUT2D eigenvalue weighted by molar-refractivity contribution is 1.15. The van der Waals surface area contributed by atoms with E-state index in [1.165, 1.54) is 0 Å². The SMILES string of the molecule is [2H]c1ccc2ncc(I)n2c1. The predicted octanol–water partition coefficient (Wildman–Crippen LogP) is 1.94. The molecule has 2 aromatic heterocycles. The molecule has 0 bridgehead atoms. The molecule has 0 saturated carbocycles. The second-order valence-electron chi connectivity index (χ2n) is 1.94. The summed E-state index contributed by atoms with van der Waals surface area (Å²) in [6.45, 7) is 0. The summed E-state index contributed by atoms with van der Waals surface area (Å²) >= 11 is 2.19. The second-order valence-corrected chi connectivity index (χ2v) is 3.04. The summed E-state index contributed by atoms with van der Waals surface area (Å²) in [5.41, 5.74) is 0.894. The summed E-state index contributed by atoms with van der Waals surface area (Å²) in [5.74, 6) is 0. The molecule has 2 aromatic rings. The molecule has 3 heteroatoms. The summed E-state index contributed by atoms with van der Waals surface area (Å²) < 4.78 is 10.3. The van der Waals surface area contributed by atoms with Crippen LogP contribution in [-0.2, 0) is 0 Å². The van der Waals surface area contributed by atoms with Gasteiger partial charge in [-0.25, -0.2) is 4.98 Å². The molecule has 0 aliphatic heterocycles. The van der Waals surface area contributed by atoms with Gasteiger partial charge >= 0.3 is 0 Å². The van der Waals surface area contributed by atoms with Crippen molar-refractivity contribution in [2.24, 2.45) is 0 Å². The van der Waals surface area contributed by atoms with Crippen LogP contribution in [0.3, 0.4) is 0 Å². The Labute approximate surface area is 73.4 Å². The summed E-state index contributed by atoms with van der Waals surface area (Å²) in [6, 6.07) is 4.08. The van der Waals surface area contributed by atoms with Crippen molar-refractivity contribution in [3.05, 3.63) is 34.3 Å². The molecular formula is C7H5IN2. The van der Waals surface area contributed by atoms with E-state index in [9.17, 15) is 0 Å². The van der Waals surface area contributed by atoms with Crippen molar-refractivity contribution in [3.8, 4) is 0 Å². The number of hydrogen-bond acceptors (Lipinski definition) is 1. The van der Waals surface area contributed by atoms with Crippen molar-refractivity contribution in [1.82, 2.24) is 9.38 Å². The first-order valence-corrected chi connectivity index (χ1v) is 3.94. The van der Waals surface area contributed by atoms with Crippen LogP contribution in [0.1, 0.15) is 1.37 Å². The highest BCUT2D eigenvalue weighted by atomic mass is 127. The van der Waals surface area contributed by atoms with Crippen molar-refractivity contribution in [2.45, 2.75) is 0 Å². The molecule has 0 atom stereocenters.